The van der Waals surface area contributed by atoms with Crippen LogP contribution in [0.3, 0.4) is 0 Å². The molecular formula is C16H11ClN2O4S3. The number of hydrogen-bond donors (Lipinski definition) is 0. The Morgan fingerprint density at radius 1 is 1.35 bits per heavy atom. The first kappa shape index (κ1) is 18.7. The standard InChI is InChI=1S/C16H11ClN2O4S3/c1-3-8-19-11-5-4-10(15(20)23-2)9-12(11)24-16(19)18-26(21,22)14-7-6-13(17)25-14/h1,4-7,9H,8H2,2H3/b18-16-. The van der Waals surface area contributed by atoms with E-state index >= 15 is 0 Å². The van der Waals surface area contributed by atoms with Crippen LogP contribution in [0.1, 0.15) is 10.4 Å². The zero-order valence-electron chi connectivity index (χ0n) is 13.3. The number of thiazole rings is 1. The molecule has 0 saturated carbocycles. The molecule has 0 atom stereocenters. The molecule has 0 N–H and O–H groups in total. The monoisotopic (exact) mass is 426 g/mol. The number of thiophene rings is 1. The van der Waals surface area contributed by atoms with Gasteiger partial charge in [-0.1, -0.05) is 28.9 Å². The van der Waals surface area contributed by atoms with E-state index in [-0.39, 0.29) is 15.6 Å². The molecule has 0 fully saturated rings. The number of aromatic nitrogens is 1. The van der Waals surface area contributed by atoms with E-state index in [1.807, 2.05) is 0 Å². The van der Waals surface area contributed by atoms with Gasteiger partial charge in [-0.25, -0.2) is 4.79 Å². The number of hydrogen-bond acceptors (Lipinski definition) is 6. The average Bonchev–Trinajstić information content (AvgIpc) is 3.18. The number of halogens is 1. The SMILES string of the molecule is C#CCn1/c(=N/S(=O)(=O)c2ccc(Cl)s2)sc2cc(C(=O)OC)ccc21. The van der Waals surface area contributed by atoms with E-state index in [0.717, 1.165) is 22.7 Å². The van der Waals surface area contributed by atoms with Crippen molar-refractivity contribution in [3.63, 3.8) is 0 Å². The van der Waals surface area contributed by atoms with Gasteiger partial charge in [0.2, 0.25) is 4.80 Å². The minimum Gasteiger partial charge on any atom is -0.465 e. The molecule has 10 heteroatoms. The highest BCUT2D eigenvalue weighted by Gasteiger charge is 2.17. The second-order valence-corrected chi connectivity index (χ2v) is 9.53. The first-order chi connectivity index (χ1) is 12.4. The highest BCUT2D eigenvalue weighted by atomic mass is 35.5. The summed E-state index contributed by atoms with van der Waals surface area (Å²) in [6.07, 6.45) is 5.41. The number of benzene rings is 1. The summed E-state index contributed by atoms with van der Waals surface area (Å²) in [5, 5.41) is 0. The van der Waals surface area contributed by atoms with Gasteiger partial charge in [-0.05, 0) is 30.3 Å². The Labute approximate surface area is 162 Å². The molecule has 0 unspecified atom stereocenters. The number of fused-ring (bicyclic) bond motifs is 1. The van der Waals surface area contributed by atoms with Gasteiger partial charge in [-0.2, -0.15) is 8.42 Å². The van der Waals surface area contributed by atoms with Crippen LogP contribution < -0.4 is 4.80 Å². The third-order valence-electron chi connectivity index (χ3n) is 3.35. The van der Waals surface area contributed by atoms with Crippen LogP contribution in [0.5, 0.6) is 0 Å². The number of methoxy groups -OCH3 is 1. The molecule has 2 heterocycles. The van der Waals surface area contributed by atoms with E-state index in [2.05, 4.69) is 10.3 Å². The highest BCUT2D eigenvalue weighted by Crippen LogP contribution is 2.27. The number of nitrogens with zero attached hydrogens (tertiary/aromatic N) is 2. The van der Waals surface area contributed by atoms with Crippen molar-refractivity contribution in [2.75, 3.05) is 7.11 Å². The zero-order chi connectivity index (χ0) is 18.9. The molecule has 1 aromatic carbocycles. The van der Waals surface area contributed by atoms with Gasteiger partial charge in [0.25, 0.3) is 10.0 Å². The molecule has 0 amide bonds. The maximum atomic E-state index is 12.5. The second-order valence-electron chi connectivity index (χ2n) is 4.97. The summed E-state index contributed by atoms with van der Waals surface area (Å²) in [7, 11) is -2.63. The molecule has 0 aliphatic rings. The van der Waals surface area contributed by atoms with Crippen LogP contribution >= 0.6 is 34.3 Å². The first-order valence-electron chi connectivity index (χ1n) is 7.07. The Bertz CT molecular complexity index is 1210. The van der Waals surface area contributed by atoms with Gasteiger partial charge < -0.3 is 9.30 Å². The Balaban J connectivity index is 2.23. The minimum atomic E-state index is -3.92. The summed E-state index contributed by atoms with van der Waals surface area (Å²) in [4.78, 5) is 11.9. The van der Waals surface area contributed by atoms with Crippen molar-refractivity contribution in [2.24, 2.45) is 4.40 Å². The van der Waals surface area contributed by atoms with Gasteiger partial charge >= 0.3 is 5.97 Å². The van der Waals surface area contributed by atoms with Crippen molar-refractivity contribution in [1.82, 2.24) is 4.57 Å². The molecular weight excluding hydrogens is 416 g/mol. The lowest BCUT2D eigenvalue weighted by molar-refractivity contribution is 0.0601. The van der Waals surface area contributed by atoms with Crippen molar-refractivity contribution >= 4 is 60.5 Å². The van der Waals surface area contributed by atoms with Gasteiger partial charge in [0.15, 0.2) is 0 Å². The lowest BCUT2D eigenvalue weighted by Gasteiger charge is -2.01. The molecule has 6 nitrogen and oxygen atoms in total. The molecule has 0 radical (unpaired) electrons. The van der Waals surface area contributed by atoms with Crippen molar-refractivity contribution in [3.8, 4) is 12.3 Å². The average molecular weight is 427 g/mol. The predicted molar refractivity (Wildman–Crippen MR) is 102 cm³/mol. The molecule has 0 saturated heterocycles. The number of sulfonamides is 1. The normalized spacial score (nSPS) is 12.3. The van der Waals surface area contributed by atoms with Crippen molar-refractivity contribution < 1.29 is 17.9 Å². The topological polar surface area (TPSA) is 77.7 Å². The van der Waals surface area contributed by atoms with Crippen LogP contribution in [0, 0.1) is 12.3 Å². The fraction of sp³-hybridized carbons (Fsp3) is 0.125. The number of esters is 1. The van der Waals surface area contributed by atoms with E-state index in [1.165, 1.54) is 19.2 Å². The lowest BCUT2D eigenvalue weighted by atomic mass is 10.2. The summed E-state index contributed by atoms with van der Waals surface area (Å²) in [6, 6.07) is 7.79. The number of terminal acetylenes is 1. The lowest BCUT2D eigenvalue weighted by Crippen LogP contribution is -2.16. The number of rotatable bonds is 4. The van der Waals surface area contributed by atoms with Gasteiger partial charge in [0.1, 0.15) is 4.21 Å². The van der Waals surface area contributed by atoms with E-state index in [4.69, 9.17) is 22.8 Å². The fourth-order valence-electron chi connectivity index (χ4n) is 2.22. The smallest absolute Gasteiger partial charge is 0.337 e. The molecule has 134 valence electrons. The molecule has 0 spiro atoms. The van der Waals surface area contributed by atoms with Crippen molar-refractivity contribution in [2.45, 2.75) is 10.8 Å². The van der Waals surface area contributed by atoms with Crippen LogP contribution in [0.4, 0.5) is 0 Å². The van der Waals surface area contributed by atoms with Gasteiger partial charge in [-0.3, -0.25) is 0 Å². The Morgan fingerprint density at radius 2 is 2.12 bits per heavy atom. The Hall–Kier alpha value is -2.12. The third-order valence-corrected chi connectivity index (χ3v) is 7.48. The van der Waals surface area contributed by atoms with Gasteiger partial charge in [0.05, 0.1) is 33.8 Å². The summed E-state index contributed by atoms with van der Waals surface area (Å²) in [6.45, 7) is 0.136. The summed E-state index contributed by atoms with van der Waals surface area (Å²) >= 11 is 7.86. The van der Waals surface area contributed by atoms with Crippen LogP contribution in [-0.2, 0) is 21.3 Å². The summed E-state index contributed by atoms with van der Waals surface area (Å²) in [5.41, 5.74) is 1.03. The number of ether oxygens (including phenoxy) is 1. The Morgan fingerprint density at radius 3 is 2.73 bits per heavy atom. The molecule has 3 rings (SSSR count). The highest BCUT2D eigenvalue weighted by molar-refractivity contribution is 7.92. The van der Waals surface area contributed by atoms with Crippen LogP contribution in [0.15, 0.2) is 38.9 Å². The number of carbonyl (C=O) groups excluding carboxylic acids is 1. The molecule has 0 aliphatic heterocycles. The van der Waals surface area contributed by atoms with E-state index in [9.17, 15) is 13.2 Å². The van der Waals surface area contributed by atoms with E-state index in [1.54, 1.807) is 22.8 Å². The van der Waals surface area contributed by atoms with Crippen molar-refractivity contribution in [3.05, 3.63) is 45.0 Å². The van der Waals surface area contributed by atoms with Gasteiger partial charge in [-0.15, -0.1) is 22.2 Å². The van der Waals surface area contributed by atoms with E-state index < -0.39 is 16.0 Å². The summed E-state index contributed by atoms with van der Waals surface area (Å²) in [5.74, 6) is 2.00. The van der Waals surface area contributed by atoms with Crippen LogP contribution in [-0.4, -0.2) is 26.1 Å². The third kappa shape index (κ3) is 3.54. The largest absolute Gasteiger partial charge is 0.465 e. The first-order valence-corrected chi connectivity index (χ1v) is 10.5. The van der Waals surface area contributed by atoms with Gasteiger partial charge in [0, 0.05) is 0 Å². The number of carbonyl (C=O) groups is 1. The molecule has 0 aliphatic carbocycles. The summed E-state index contributed by atoms with van der Waals surface area (Å²) < 4.78 is 36.3. The van der Waals surface area contributed by atoms with Crippen LogP contribution in [0.2, 0.25) is 4.34 Å². The molecule has 2 aromatic heterocycles. The van der Waals surface area contributed by atoms with E-state index in [0.29, 0.717) is 20.1 Å². The minimum absolute atomic E-state index is 0.0439. The molecule has 0 bridgehead atoms. The fourth-order valence-corrected chi connectivity index (χ4v) is 5.95. The zero-order valence-corrected chi connectivity index (χ0v) is 16.5. The Kier molecular flexibility index (Phi) is 5.20. The predicted octanol–water partition coefficient (Wildman–Crippen LogP) is 3.13. The van der Waals surface area contributed by atoms with Crippen LogP contribution in [0.25, 0.3) is 10.2 Å². The van der Waals surface area contributed by atoms with Crippen molar-refractivity contribution in [1.29, 1.82) is 0 Å². The quantitative estimate of drug-likeness (QED) is 0.474. The maximum absolute atomic E-state index is 12.5. The second kappa shape index (κ2) is 7.25. The maximum Gasteiger partial charge on any atom is 0.337 e. The molecule has 3 aromatic rings. The molecule has 26 heavy (non-hydrogen) atoms.